The van der Waals surface area contributed by atoms with Crippen molar-refractivity contribution in [3.63, 3.8) is 0 Å². The van der Waals surface area contributed by atoms with Crippen molar-refractivity contribution in [1.82, 2.24) is 0 Å². The van der Waals surface area contributed by atoms with Gasteiger partial charge in [0, 0.05) is 5.92 Å². The standard InChI is InChI=1S/C13H17NO/c1-10-6-5-9-12(10)13(14-15)11-7-3-2-4-8-11/h2-4,7-8,10,12,15H,5-6,9H2,1H3/b14-13-/t10-,12-/m0/s1. The first-order valence-electron chi connectivity index (χ1n) is 5.60. The van der Waals surface area contributed by atoms with Gasteiger partial charge in [0.1, 0.15) is 0 Å². The maximum Gasteiger partial charge on any atom is 0.0901 e. The van der Waals surface area contributed by atoms with E-state index in [2.05, 4.69) is 12.1 Å². The number of benzene rings is 1. The summed E-state index contributed by atoms with van der Waals surface area (Å²) in [7, 11) is 0. The molecular weight excluding hydrogens is 186 g/mol. The fourth-order valence-electron chi connectivity index (χ4n) is 2.51. The maximum atomic E-state index is 9.15. The van der Waals surface area contributed by atoms with E-state index in [0.717, 1.165) is 17.7 Å². The number of hydrogen-bond acceptors (Lipinski definition) is 2. The van der Waals surface area contributed by atoms with Crippen molar-refractivity contribution in [3.05, 3.63) is 35.9 Å². The first-order chi connectivity index (χ1) is 7.33. The molecule has 80 valence electrons. The minimum absolute atomic E-state index is 0.428. The van der Waals surface area contributed by atoms with Crippen molar-refractivity contribution in [3.8, 4) is 0 Å². The van der Waals surface area contributed by atoms with E-state index >= 15 is 0 Å². The molecule has 0 radical (unpaired) electrons. The molecule has 2 heteroatoms. The largest absolute Gasteiger partial charge is 0.411 e. The second kappa shape index (κ2) is 4.47. The van der Waals surface area contributed by atoms with E-state index in [1.807, 2.05) is 30.3 Å². The lowest BCUT2D eigenvalue weighted by Crippen LogP contribution is -2.18. The van der Waals surface area contributed by atoms with Crippen LogP contribution in [0.25, 0.3) is 0 Å². The molecule has 1 N–H and O–H groups in total. The molecule has 0 aromatic heterocycles. The Balaban J connectivity index is 2.26. The van der Waals surface area contributed by atoms with Crippen LogP contribution in [-0.4, -0.2) is 10.9 Å². The van der Waals surface area contributed by atoms with E-state index in [9.17, 15) is 0 Å². The highest BCUT2D eigenvalue weighted by atomic mass is 16.4. The summed E-state index contributed by atoms with van der Waals surface area (Å²) in [4.78, 5) is 0. The van der Waals surface area contributed by atoms with Gasteiger partial charge < -0.3 is 5.21 Å². The molecule has 2 rings (SSSR count). The van der Waals surface area contributed by atoms with E-state index in [1.54, 1.807) is 0 Å². The molecule has 0 heterocycles. The zero-order valence-corrected chi connectivity index (χ0v) is 9.06. The third-order valence-electron chi connectivity index (χ3n) is 3.39. The van der Waals surface area contributed by atoms with Crippen LogP contribution in [0.3, 0.4) is 0 Å². The molecule has 1 aliphatic carbocycles. The number of hydrogen-bond donors (Lipinski definition) is 1. The van der Waals surface area contributed by atoms with Crippen LogP contribution >= 0.6 is 0 Å². The van der Waals surface area contributed by atoms with Crippen molar-refractivity contribution >= 4 is 5.71 Å². The Hall–Kier alpha value is -1.31. The molecule has 0 bridgehead atoms. The van der Waals surface area contributed by atoms with E-state index in [0.29, 0.717) is 11.8 Å². The quantitative estimate of drug-likeness (QED) is 0.446. The minimum atomic E-state index is 0.428. The van der Waals surface area contributed by atoms with Crippen molar-refractivity contribution < 1.29 is 5.21 Å². The fourth-order valence-corrected chi connectivity index (χ4v) is 2.51. The van der Waals surface area contributed by atoms with Gasteiger partial charge in [-0.2, -0.15) is 0 Å². The lowest BCUT2D eigenvalue weighted by Gasteiger charge is -2.16. The van der Waals surface area contributed by atoms with E-state index in [4.69, 9.17) is 5.21 Å². The van der Waals surface area contributed by atoms with Crippen LogP contribution in [-0.2, 0) is 0 Å². The van der Waals surface area contributed by atoms with E-state index < -0.39 is 0 Å². The molecular formula is C13H17NO. The van der Waals surface area contributed by atoms with Crippen molar-refractivity contribution in [1.29, 1.82) is 0 Å². The van der Waals surface area contributed by atoms with Crippen LogP contribution in [0, 0.1) is 11.8 Å². The Labute approximate surface area is 90.6 Å². The molecule has 2 nitrogen and oxygen atoms in total. The van der Waals surface area contributed by atoms with Gasteiger partial charge in [-0.15, -0.1) is 0 Å². The summed E-state index contributed by atoms with van der Waals surface area (Å²) in [5.74, 6) is 1.06. The van der Waals surface area contributed by atoms with Crippen molar-refractivity contribution in [2.75, 3.05) is 0 Å². The molecule has 0 saturated heterocycles. The van der Waals surface area contributed by atoms with E-state index in [1.165, 1.54) is 12.8 Å². The lowest BCUT2D eigenvalue weighted by molar-refractivity contribution is 0.313. The third kappa shape index (κ3) is 2.04. The van der Waals surface area contributed by atoms with Gasteiger partial charge in [-0.1, -0.05) is 55.3 Å². The van der Waals surface area contributed by atoms with Crippen LogP contribution in [0.1, 0.15) is 31.7 Å². The Kier molecular flexibility index (Phi) is 3.05. The van der Waals surface area contributed by atoms with Gasteiger partial charge in [-0.05, 0) is 17.9 Å². The molecule has 2 atom stereocenters. The summed E-state index contributed by atoms with van der Waals surface area (Å²) >= 11 is 0. The molecule has 0 unspecified atom stereocenters. The monoisotopic (exact) mass is 203 g/mol. The average Bonchev–Trinajstić information content (AvgIpc) is 2.68. The van der Waals surface area contributed by atoms with Gasteiger partial charge in [0.25, 0.3) is 0 Å². The summed E-state index contributed by atoms with van der Waals surface area (Å²) in [5.41, 5.74) is 1.92. The summed E-state index contributed by atoms with van der Waals surface area (Å²) in [6.45, 7) is 2.24. The number of nitrogens with zero attached hydrogens (tertiary/aromatic N) is 1. The number of oxime groups is 1. The van der Waals surface area contributed by atoms with Gasteiger partial charge in [0.05, 0.1) is 5.71 Å². The van der Waals surface area contributed by atoms with Crippen molar-refractivity contribution in [2.24, 2.45) is 17.0 Å². The van der Waals surface area contributed by atoms with Crippen LogP contribution in [0.15, 0.2) is 35.5 Å². The molecule has 0 amide bonds. The second-order valence-electron chi connectivity index (χ2n) is 4.37. The average molecular weight is 203 g/mol. The second-order valence-corrected chi connectivity index (χ2v) is 4.37. The summed E-state index contributed by atoms with van der Waals surface area (Å²) in [5, 5.41) is 12.7. The van der Waals surface area contributed by atoms with Gasteiger partial charge in [0.15, 0.2) is 0 Å². The smallest absolute Gasteiger partial charge is 0.0901 e. The Bertz CT molecular complexity index is 345. The first-order valence-corrected chi connectivity index (χ1v) is 5.60. The third-order valence-corrected chi connectivity index (χ3v) is 3.39. The highest BCUT2D eigenvalue weighted by Crippen LogP contribution is 2.34. The van der Waals surface area contributed by atoms with Crippen LogP contribution in [0.5, 0.6) is 0 Å². The summed E-state index contributed by atoms with van der Waals surface area (Å²) in [6, 6.07) is 9.98. The highest BCUT2D eigenvalue weighted by molar-refractivity contribution is 6.02. The molecule has 1 saturated carbocycles. The molecule has 1 aromatic carbocycles. The zero-order valence-electron chi connectivity index (χ0n) is 9.06. The Morgan fingerprint density at radius 1 is 1.27 bits per heavy atom. The predicted molar refractivity (Wildman–Crippen MR) is 61.3 cm³/mol. The van der Waals surface area contributed by atoms with E-state index in [-0.39, 0.29) is 0 Å². The maximum absolute atomic E-state index is 9.15. The van der Waals surface area contributed by atoms with Gasteiger partial charge >= 0.3 is 0 Å². The van der Waals surface area contributed by atoms with Crippen LogP contribution in [0.2, 0.25) is 0 Å². The molecule has 1 fully saturated rings. The zero-order chi connectivity index (χ0) is 10.7. The predicted octanol–water partition coefficient (Wildman–Crippen LogP) is 3.30. The van der Waals surface area contributed by atoms with Crippen LogP contribution < -0.4 is 0 Å². The molecule has 1 aliphatic rings. The summed E-state index contributed by atoms with van der Waals surface area (Å²) in [6.07, 6.45) is 3.64. The highest BCUT2D eigenvalue weighted by Gasteiger charge is 2.28. The van der Waals surface area contributed by atoms with Crippen molar-refractivity contribution in [2.45, 2.75) is 26.2 Å². The normalized spacial score (nSPS) is 26.9. The minimum Gasteiger partial charge on any atom is -0.411 e. The first kappa shape index (κ1) is 10.2. The Morgan fingerprint density at radius 3 is 2.53 bits per heavy atom. The van der Waals surface area contributed by atoms with Gasteiger partial charge in [-0.25, -0.2) is 0 Å². The Morgan fingerprint density at radius 2 is 2.00 bits per heavy atom. The van der Waals surface area contributed by atoms with Crippen LogP contribution in [0.4, 0.5) is 0 Å². The topological polar surface area (TPSA) is 32.6 Å². The number of rotatable bonds is 2. The van der Waals surface area contributed by atoms with Gasteiger partial charge in [0.2, 0.25) is 0 Å². The molecule has 0 spiro atoms. The summed E-state index contributed by atoms with van der Waals surface area (Å²) < 4.78 is 0. The molecule has 0 aliphatic heterocycles. The lowest BCUT2D eigenvalue weighted by atomic mass is 9.89. The molecule has 15 heavy (non-hydrogen) atoms. The van der Waals surface area contributed by atoms with Gasteiger partial charge in [-0.3, -0.25) is 0 Å². The fraction of sp³-hybridized carbons (Fsp3) is 0.462. The SMILES string of the molecule is C[C@H]1CCC[C@@H]1/C(=N\O)c1ccccc1. The molecule has 1 aromatic rings.